The van der Waals surface area contributed by atoms with E-state index in [2.05, 4.69) is 10.4 Å². The van der Waals surface area contributed by atoms with Crippen LogP contribution in [0.3, 0.4) is 0 Å². The molecule has 0 aliphatic rings. The molecular formula is C15H19Cl3N4O. The second kappa shape index (κ2) is 8.55. The van der Waals surface area contributed by atoms with E-state index >= 15 is 0 Å². The number of carbonyl (C=O) groups excluding carboxylic acids is 1. The SMILES string of the molecule is CNC(C(=O)N(C)Cc1cccc(Cl)c1Cl)c1cnn(C)c1.Cl. The average molecular weight is 378 g/mol. The van der Waals surface area contributed by atoms with Crippen LogP contribution in [0, 0.1) is 0 Å². The van der Waals surface area contributed by atoms with Crippen molar-refractivity contribution in [3.63, 3.8) is 0 Å². The van der Waals surface area contributed by atoms with Crippen LogP contribution in [0.25, 0.3) is 0 Å². The minimum absolute atomic E-state index is 0. The Morgan fingerprint density at radius 2 is 2.13 bits per heavy atom. The molecule has 0 aliphatic heterocycles. The van der Waals surface area contributed by atoms with Gasteiger partial charge in [0, 0.05) is 32.4 Å². The number of hydrogen-bond donors (Lipinski definition) is 1. The lowest BCUT2D eigenvalue weighted by molar-refractivity contribution is -0.132. The van der Waals surface area contributed by atoms with Gasteiger partial charge in [-0.15, -0.1) is 12.4 Å². The predicted octanol–water partition coefficient (Wildman–Crippen LogP) is 3.07. The van der Waals surface area contributed by atoms with Gasteiger partial charge in [0.2, 0.25) is 5.91 Å². The lowest BCUT2D eigenvalue weighted by Gasteiger charge is -2.23. The van der Waals surface area contributed by atoms with E-state index in [0.29, 0.717) is 16.6 Å². The maximum Gasteiger partial charge on any atom is 0.244 e. The van der Waals surface area contributed by atoms with Gasteiger partial charge >= 0.3 is 0 Å². The Bertz CT molecular complexity index is 674. The molecule has 1 atom stereocenters. The third-order valence-electron chi connectivity index (χ3n) is 3.41. The van der Waals surface area contributed by atoms with Gasteiger partial charge < -0.3 is 10.2 Å². The summed E-state index contributed by atoms with van der Waals surface area (Å²) in [5.41, 5.74) is 1.63. The van der Waals surface area contributed by atoms with Gasteiger partial charge in [-0.1, -0.05) is 35.3 Å². The first-order valence-corrected chi connectivity index (χ1v) is 7.53. The summed E-state index contributed by atoms with van der Waals surface area (Å²) in [6.45, 7) is 0.386. The number of halogens is 3. The van der Waals surface area contributed by atoms with Gasteiger partial charge in [0.05, 0.1) is 16.2 Å². The van der Waals surface area contributed by atoms with E-state index in [4.69, 9.17) is 23.2 Å². The minimum Gasteiger partial charge on any atom is -0.340 e. The molecule has 0 radical (unpaired) electrons. The molecule has 0 saturated heterocycles. The number of likely N-dealkylation sites (N-methyl/N-ethyl adjacent to an activating group) is 2. The summed E-state index contributed by atoms with van der Waals surface area (Å²) in [4.78, 5) is 14.3. The molecule has 2 aromatic rings. The van der Waals surface area contributed by atoms with Gasteiger partial charge in [-0.05, 0) is 18.7 Å². The zero-order valence-electron chi connectivity index (χ0n) is 13.1. The molecule has 1 amide bonds. The molecule has 0 fully saturated rings. The first-order chi connectivity index (χ1) is 10.4. The third kappa shape index (κ3) is 4.61. The van der Waals surface area contributed by atoms with E-state index in [1.54, 1.807) is 35.9 Å². The van der Waals surface area contributed by atoms with E-state index in [1.165, 1.54) is 0 Å². The van der Waals surface area contributed by atoms with Gasteiger partial charge in [-0.25, -0.2) is 0 Å². The number of benzene rings is 1. The molecule has 0 aliphatic carbocycles. The van der Waals surface area contributed by atoms with E-state index < -0.39 is 6.04 Å². The molecule has 0 saturated carbocycles. The summed E-state index contributed by atoms with van der Waals surface area (Å²) in [6.07, 6.45) is 3.50. The first kappa shape index (κ1) is 19.8. The summed E-state index contributed by atoms with van der Waals surface area (Å²) in [5.74, 6) is -0.0634. The number of aryl methyl sites for hydroxylation is 1. The Labute approximate surface area is 152 Å². The standard InChI is InChI=1S/C15H18Cl2N4O.ClH/c1-18-14(11-7-19-21(3)9-11)15(22)20(2)8-10-5-4-6-12(16)13(10)17;/h4-7,9,14,18H,8H2,1-3H3;1H. The number of aromatic nitrogens is 2. The van der Waals surface area contributed by atoms with Crippen molar-refractivity contribution in [2.75, 3.05) is 14.1 Å². The molecular weight excluding hydrogens is 359 g/mol. The van der Waals surface area contributed by atoms with Gasteiger partial charge in [-0.3, -0.25) is 9.48 Å². The van der Waals surface area contributed by atoms with Crippen molar-refractivity contribution in [3.05, 3.63) is 51.8 Å². The Kier molecular flexibility index (Phi) is 7.35. The van der Waals surface area contributed by atoms with Crippen LogP contribution < -0.4 is 5.32 Å². The molecule has 23 heavy (non-hydrogen) atoms. The number of hydrogen-bond acceptors (Lipinski definition) is 3. The summed E-state index contributed by atoms with van der Waals surface area (Å²) in [5, 5.41) is 8.09. The number of nitrogens with one attached hydrogen (secondary N) is 1. The second-order valence-electron chi connectivity index (χ2n) is 5.08. The number of amides is 1. The monoisotopic (exact) mass is 376 g/mol. The van der Waals surface area contributed by atoms with Gasteiger partial charge in [0.15, 0.2) is 0 Å². The highest BCUT2D eigenvalue weighted by molar-refractivity contribution is 6.42. The van der Waals surface area contributed by atoms with E-state index in [-0.39, 0.29) is 18.3 Å². The molecule has 1 aromatic carbocycles. The molecule has 1 heterocycles. The van der Waals surface area contributed by atoms with Crippen molar-refractivity contribution in [1.29, 1.82) is 0 Å². The molecule has 0 bridgehead atoms. The van der Waals surface area contributed by atoms with Crippen LogP contribution in [0.5, 0.6) is 0 Å². The van der Waals surface area contributed by atoms with Crippen molar-refractivity contribution < 1.29 is 4.79 Å². The van der Waals surface area contributed by atoms with Crippen LogP contribution in [-0.2, 0) is 18.4 Å². The quantitative estimate of drug-likeness (QED) is 0.871. The van der Waals surface area contributed by atoms with Crippen molar-refractivity contribution in [1.82, 2.24) is 20.0 Å². The molecule has 8 heteroatoms. The zero-order valence-corrected chi connectivity index (χ0v) is 15.4. The molecule has 5 nitrogen and oxygen atoms in total. The topological polar surface area (TPSA) is 50.2 Å². The van der Waals surface area contributed by atoms with Crippen molar-refractivity contribution in [2.24, 2.45) is 7.05 Å². The Morgan fingerprint density at radius 3 is 2.70 bits per heavy atom. The van der Waals surface area contributed by atoms with Gasteiger partial charge in [0.25, 0.3) is 0 Å². The Morgan fingerprint density at radius 1 is 1.43 bits per heavy atom. The largest absolute Gasteiger partial charge is 0.340 e. The van der Waals surface area contributed by atoms with Crippen LogP contribution >= 0.6 is 35.6 Å². The Hall–Kier alpha value is -1.27. The maximum absolute atomic E-state index is 12.6. The second-order valence-corrected chi connectivity index (χ2v) is 5.86. The Balaban J connectivity index is 0.00000264. The fraction of sp³-hybridized carbons (Fsp3) is 0.333. The summed E-state index contributed by atoms with van der Waals surface area (Å²) in [7, 11) is 5.30. The molecule has 126 valence electrons. The first-order valence-electron chi connectivity index (χ1n) is 6.77. The van der Waals surface area contributed by atoms with Crippen LogP contribution in [0.1, 0.15) is 17.2 Å². The molecule has 1 unspecified atom stereocenters. The van der Waals surface area contributed by atoms with E-state index in [9.17, 15) is 4.79 Å². The van der Waals surface area contributed by atoms with Crippen LogP contribution in [0.4, 0.5) is 0 Å². The fourth-order valence-electron chi connectivity index (χ4n) is 2.25. The molecule has 1 aromatic heterocycles. The summed E-state index contributed by atoms with van der Waals surface area (Å²) in [6, 6.07) is 4.95. The fourth-order valence-corrected chi connectivity index (χ4v) is 2.63. The van der Waals surface area contributed by atoms with Crippen LogP contribution in [-0.4, -0.2) is 34.7 Å². The van der Waals surface area contributed by atoms with E-state index in [0.717, 1.165) is 11.1 Å². The maximum atomic E-state index is 12.6. The van der Waals surface area contributed by atoms with Crippen molar-refractivity contribution in [3.8, 4) is 0 Å². The predicted molar refractivity (Wildman–Crippen MR) is 95.2 cm³/mol. The highest BCUT2D eigenvalue weighted by Gasteiger charge is 2.24. The lowest BCUT2D eigenvalue weighted by atomic mass is 10.1. The van der Waals surface area contributed by atoms with Crippen LogP contribution in [0.15, 0.2) is 30.6 Å². The molecule has 1 N–H and O–H groups in total. The number of rotatable bonds is 5. The van der Waals surface area contributed by atoms with E-state index in [1.807, 2.05) is 25.4 Å². The number of carbonyl (C=O) groups is 1. The van der Waals surface area contributed by atoms with Gasteiger partial charge in [-0.2, -0.15) is 5.10 Å². The summed E-state index contributed by atoms with van der Waals surface area (Å²) < 4.78 is 1.67. The summed E-state index contributed by atoms with van der Waals surface area (Å²) >= 11 is 12.2. The average Bonchev–Trinajstić information content (AvgIpc) is 2.91. The minimum atomic E-state index is -0.448. The smallest absolute Gasteiger partial charge is 0.244 e. The zero-order chi connectivity index (χ0) is 16.3. The lowest BCUT2D eigenvalue weighted by Crippen LogP contribution is -2.37. The number of nitrogens with zero attached hydrogens (tertiary/aromatic N) is 3. The van der Waals surface area contributed by atoms with Gasteiger partial charge in [0.1, 0.15) is 6.04 Å². The van der Waals surface area contributed by atoms with Crippen molar-refractivity contribution in [2.45, 2.75) is 12.6 Å². The van der Waals surface area contributed by atoms with Crippen LogP contribution in [0.2, 0.25) is 10.0 Å². The van der Waals surface area contributed by atoms with Crippen molar-refractivity contribution >= 4 is 41.5 Å². The highest BCUT2D eigenvalue weighted by atomic mass is 35.5. The molecule has 0 spiro atoms. The third-order valence-corrected chi connectivity index (χ3v) is 4.27. The highest BCUT2D eigenvalue weighted by Crippen LogP contribution is 2.27. The normalized spacial score (nSPS) is 11.7. The molecule has 2 rings (SSSR count).